The summed E-state index contributed by atoms with van der Waals surface area (Å²) in [6.07, 6.45) is -7.57. The molecule has 5 rings (SSSR count). The Labute approximate surface area is 218 Å². The summed E-state index contributed by atoms with van der Waals surface area (Å²) >= 11 is 6.30. The van der Waals surface area contributed by atoms with Crippen LogP contribution in [0.5, 0.6) is 5.75 Å². The number of alkyl halides is 3. The van der Waals surface area contributed by atoms with E-state index in [0.717, 1.165) is 4.57 Å². The lowest BCUT2D eigenvalue weighted by Crippen LogP contribution is -2.17. The van der Waals surface area contributed by atoms with E-state index >= 15 is 0 Å². The van der Waals surface area contributed by atoms with Gasteiger partial charge in [0.05, 0.1) is 12.8 Å². The Morgan fingerprint density at radius 2 is 2.00 bits per heavy atom. The monoisotopic (exact) mass is 549 g/mol. The number of methoxy groups -OCH3 is 1. The maximum absolute atomic E-state index is 14.1. The maximum Gasteiger partial charge on any atom is 0.452 e. The van der Waals surface area contributed by atoms with Gasteiger partial charge in [0.15, 0.2) is 11.6 Å². The number of hydrogen-bond donors (Lipinski definition) is 1. The molecular weight excluding hydrogens is 531 g/mol. The van der Waals surface area contributed by atoms with Crippen LogP contribution in [0.3, 0.4) is 0 Å². The summed E-state index contributed by atoms with van der Waals surface area (Å²) in [7, 11) is 1.51. The molecule has 1 aliphatic heterocycles. The van der Waals surface area contributed by atoms with Crippen LogP contribution in [0.25, 0.3) is 5.69 Å². The standard InChI is InChI=1S/C24H19ClF3N5O5/c1-11-13(4-3-5-16(11)36-2)21-14-8-12(25)6-7-15(14)33-22(30-31-23(33)24(26,27)28)17(37-21)9-18-29-19(38-32-18)10-20(34)35/h3-8,17,21H,9-10H2,1-2H3,(H,34,35)/t17-,21-/m1/s1. The molecule has 1 aliphatic rings. The molecule has 4 aromatic rings. The van der Waals surface area contributed by atoms with E-state index < -0.39 is 36.6 Å². The first-order valence-corrected chi connectivity index (χ1v) is 11.6. The number of benzene rings is 2. The van der Waals surface area contributed by atoms with E-state index in [4.69, 9.17) is 30.7 Å². The van der Waals surface area contributed by atoms with E-state index in [1.165, 1.54) is 25.3 Å². The van der Waals surface area contributed by atoms with Crippen LogP contribution in [0.4, 0.5) is 13.2 Å². The molecule has 14 heteroatoms. The second-order valence-electron chi connectivity index (χ2n) is 8.48. The van der Waals surface area contributed by atoms with Gasteiger partial charge in [-0.1, -0.05) is 28.9 Å². The molecule has 3 heterocycles. The SMILES string of the molecule is COc1cccc([C@H]2O[C@H](Cc3noc(CC(=O)O)n3)c3nnc(C(F)(F)F)n3-c3ccc(Cl)cc32)c1C. The number of carboxylic acid groups (broad SMARTS) is 1. The Hall–Kier alpha value is -3.97. The van der Waals surface area contributed by atoms with Crippen molar-refractivity contribution in [1.29, 1.82) is 0 Å². The molecule has 0 saturated carbocycles. The van der Waals surface area contributed by atoms with Gasteiger partial charge < -0.3 is 19.1 Å². The van der Waals surface area contributed by atoms with Crippen LogP contribution in [0.2, 0.25) is 5.02 Å². The summed E-state index contributed by atoms with van der Waals surface area (Å²) in [5, 5.41) is 20.3. The Balaban J connectivity index is 1.70. The smallest absolute Gasteiger partial charge is 0.452 e. The van der Waals surface area contributed by atoms with Crippen molar-refractivity contribution in [3.8, 4) is 11.4 Å². The molecule has 10 nitrogen and oxygen atoms in total. The van der Waals surface area contributed by atoms with Gasteiger partial charge in [-0.05, 0) is 42.3 Å². The fourth-order valence-electron chi connectivity index (χ4n) is 4.42. The average Bonchev–Trinajstić information content (AvgIpc) is 3.46. The third-order valence-electron chi connectivity index (χ3n) is 6.05. The van der Waals surface area contributed by atoms with Crippen molar-refractivity contribution in [2.45, 2.75) is 38.1 Å². The zero-order chi connectivity index (χ0) is 27.2. The van der Waals surface area contributed by atoms with Crippen LogP contribution in [0, 0.1) is 6.92 Å². The Morgan fingerprint density at radius 1 is 1.21 bits per heavy atom. The van der Waals surface area contributed by atoms with Crippen LogP contribution >= 0.6 is 11.6 Å². The molecule has 2 aromatic carbocycles. The number of aromatic nitrogens is 5. The molecule has 0 saturated heterocycles. The number of aliphatic carboxylic acids is 1. The van der Waals surface area contributed by atoms with Crippen molar-refractivity contribution in [3.63, 3.8) is 0 Å². The molecule has 0 unspecified atom stereocenters. The Morgan fingerprint density at radius 3 is 2.71 bits per heavy atom. The van der Waals surface area contributed by atoms with Gasteiger partial charge >= 0.3 is 12.1 Å². The van der Waals surface area contributed by atoms with Crippen molar-refractivity contribution < 1.29 is 37.1 Å². The number of carbonyl (C=O) groups is 1. The second-order valence-corrected chi connectivity index (χ2v) is 8.91. The van der Waals surface area contributed by atoms with E-state index in [0.29, 0.717) is 22.4 Å². The van der Waals surface area contributed by atoms with Gasteiger partial charge in [-0.2, -0.15) is 18.2 Å². The largest absolute Gasteiger partial charge is 0.496 e. The first kappa shape index (κ1) is 25.7. The quantitative estimate of drug-likeness (QED) is 0.365. The van der Waals surface area contributed by atoms with E-state index in [1.807, 2.05) is 0 Å². The number of ether oxygens (including phenoxy) is 2. The lowest BCUT2D eigenvalue weighted by atomic mass is 9.95. The number of halogens is 4. The van der Waals surface area contributed by atoms with Gasteiger partial charge in [0.1, 0.15) is 24.4 Å². The molecule has 0 aliphatic carbocycles. The van der Waals surface area contributed by atoms with Crippen LogP contribution in [-0.2, 0) is 28.5 Å². The molecule has 0 fully saturated rings. The fourth-order valence-corrected chi connectivity index (χ4v) is 4.60. The summed E-state index contributed by atoms with van der Waals surface area (Å²) in [6, 6.07) is 9.73. The summed E-state index contributed by atoms with van der Waals surface area (Å²) in [6.45, 7) is 1.81. The molecule has 2 atom stereocenters. The molecular formula is C24H19ClF3N5O5. The number of hydrogen-bond acceptors (Lipinski definition) is 8. The van der Waals surface area contributed by atoms with Gasteiger partial charge in [-0.3, -0.25) is 9.36 Å². The summed E-state index contributed by atoms with van der Waals surface area (Å²) < 4.78 is 60.0. The molecule has 0 spiro atoms. The molecule has 0 radical (unpaired) electrons. The summed E-state index contributed by atoms with van der Waals surface area (Å²) in [4.78, 5) is 15.1. The first-order valence-electron chi connectivity index (χ1n) is 11.2. The number of nitrogens with zero attached hydrogens (tertiary/aromatic N) is 5. The third kappa shape index (κ3) is 4.70. The van der Waals surface area contributed by atoms with Gasteiger partial charge in [0.25, 0.3) is 0 Å². The fraction of sp³-hybridized carbons (Fsp3) is 0.292. The van der Waals surface area contributed by atoms with Crippen molar-refractivity contribution in [3.05, 3.63) is 81.5 Å². The third-order valence-corrected chi connectivity index (χ3v) is 6.29. The maximum atomic E-state index is 14.1. The lowest BCUT2D eigenvalue weighted by Gasteiger charge is -2.24. The first-order chi connectivity index (χ1) is 18.1. The number of carboxylic acids is 1. The van der Waals surface area contributed by atoms with Gasteiger partial charge in [0.2, 0.25) is 11.7 Å². The highest BCUT2D eigenvalue weighted by atomic mass is 35.5. The average molecular weight is 550 g/mol. The van der Waals surface area contributed by atoms with Gasteiger partial charge in [0, 0.05) is 17.0 Å². The Bertz CT molecular complexity index is 1520. The molecule has 0 amide bonds. The zero-order valence-electron chi connectivity index (χ0n) is 19.9. The van der Waals surface area contributed by atoms with Crippen molar-refractivity contribution >= 4 is 17.6 Å². The van der Waals surface area contributed by atoms with Crippen LogP contribution in [-0.4, -0.2) is 43.1 Å². The lowest BCUT2D eigenvalue weighted by molar-refractivity contribution is -0.146. The zero-order valence-corrected chi connectivity index (χ0v) is 20.6. The highest BCUT2D eigenvalue weighted by Gasteiger charge is 2.43. The highest BCUT2D eigenvalue weighted by molar-refractivity contribution is 6.30. The second kappa shape index (κ2) is 9.72. The topological polar surface area (TPSA) is 125 Å². The number of fused-ring (bicyclic) bond motifs is 3. The minimum atomic E-state index is -4.83. The molecule has 0 bridgehead atoms. The normalized spacial score (nSPS) is 17.0. The van der Waals surface area contributed by atoms with Crippen molar-refractivity contribution in [2.24, 2.45) is 0 Å². The predicted molar refractivity (Wildman–Crippen MR) is 124 cm³/mol. The van der Waals surface area contributed by atoms with E-state index in [-0.39, 0.29) is 34.7 Å². The van der Waals surface area contributed by atoms with E-state index in [2.05, 4.69) is 20.3 Å². The molecule has 38 heavy (non-hydrogen) atoms. The molecule has 2 aromatic heterocycles. The Kier molecular flexibility index (Phi) is 6.57. The van der Waals surface area contributed by atoms with Crippen LogP contribution in [0.15, 0.2) is 40.9 Å². The van der Waals surface area contributed by atoms with Crippen LogP contribution < -0.4 is 4.74 Å². The number of rotatable bonds is 6. The van der Waals surface area contributed by atoms with Gasteiger partial charge in [-0.25, -0.2) is 0 Å². The molecule has 198 valence electrons. The van der Waals surface area contributed by atoms with Crippen molar-refractivity contribution in [2.75, 3.05) is 7.11 Å². The minimum absolute atomic E-state index is 0.0273. The van der Waals surface area contributed by atoms with Crippen molar-refractivity contribution in [1.82, 2.24) is 24.9 Å². The highest BCUT2D eigenvalue weighted by Crippen LogP contribution is 2.45. The van der Waals surface area contributed by atoms with Crippen LogP contribution in [0.1, 0.15) is 52.3 Å². The molecule has 1 N–H and O–H groups in total. The summed E-state index contributed by atoms with van der Waals surface area (Å²) in [5.74, 6) is -2.14. The predicted octanol–water partition coefficient (Wildman–Crippen LogP) is 4.67. The minimum Gasteiger partial charge on any atom is -0.496 e. The van der Waals surface area contributed by atoms with E-state index in [9.17, 15) is 18.0 Å². The summed E-state index contributed by atoms with van der Waals surface area (Å²) in [5.41, 5.74) is 1.82. The van der Waals surface area contributed by atoms with E-state index in [1.54, 1.807) is 25.1 Å². The van der Waals surface area contributed by atoms with Gasteiger partial charge in [-0.15, -0.1) is 10.2 Å².